The third-order valence-electron chi connectivity index (χ3n) is 1.65. The third kappa shape index (κ3) is 1.34. The van der Waals surface area contributed by atoms with Crippen molar-refractivity contribution in [3.05, 3.63) is 17.7 Å². The predicted octanol–water partition coefficient (Wildman–Crippen LogP) is 1.27. The van der Waals surface area contributed by atoms with Crippen molar-refractivity contribution >= 4 is 32.9 Å². The molecule has 14 heavy (non-hydrogen) atoms. The van der Waals surface area contributed by atoms with Gasteiger partial charge in [0.2, 0.25) is 0 Å². The molecule has 8 heteroatoms. The van der Waals surface area contributed by atoms with Crippen LogP contribution in [0.25, 0.3) is 11.0 Å². The summed E-state index contributed by atoms with van der Waals surface area (Å²) in [7, 11) is -4.80. The molecule has 2 aromatic heterocycles. The van der Waals surface area contributed by atoms with E-state index in [0.717, 1.165) is 12.5 Å². The summed E-state index contributed by atoms with van der Waals surface area (Å²) in [5, 5.41) is -0.135. The predicted molar refractivity (Wildman–Crippen MR) is 47.2 cm³/mol. The summed E-state index contributed by atoms with van der Waals surface area (Å²) in [5.41, 5.74) is 0.182. The smallest absolute Gasteiger partial charge is 0.334 e. The maximum absolute atomic E-state index is 12.7. The molecule has 0 saturated heterocycles. The molecule has 5 nitrogen and oxygen atoms in total. The molecule has 0 unspecified atom stereocenters. The van der Waals surface area contributed by atoms with Gasteiger partial charge in [0.1, 0.15) is 22.0 Å². The van der Waals surface area contributed by atoms with Gasteiger partial charge in [-0.1, -0.05) is 11.6 Å². The minimum Gasteiger partial charge on any atom is -0.345 e. The standard InChI is InChI=1S/C6H3ClFN3O2S/c7-5-4-3(14(8,12)13)1-9-6(4)11-2-10-5/h1-2H,(H,9,10,11). The molecule has 0 amide bonds. The Morgan fingerprint density at radius 2 is 2.14 bits per heavy atom. The number of rotatable bonds is 1. The van der Waals surface area contributed by atoms with Crippen LogP contribution in [-0.4, -0.2) is 23.4 Å². The highest BCUT2D eigenvalue weighted by molar-refractivity contribution is 7.86. The second-order valence-corrected chi connectivity index (χ2v) is 4.15. The molecule has 0 aliphatic rings. The van der Waals surface area contributed by atoms with Gasteiger partial charge in [-0.2, -0.15) is 8.42 Å². The Morgan fingerprint density at radius 1 is 1.43 bits per heavy atom. The molecule has 2 heterocycles. The lowest BCUT2D eigenvalue weighted by atomic mass is 10.4. The molecule has 0 aliphatic heterocycles. The first-order valence-corrected chi connectivity index (χ1v) is 5.18. The average molecular weight is 236 g/mol. The van der Waals surface area contributed by atoms with Crippen molar-refractivity contribution < 1.29 is 12.3 Å². The van der Waals surface area contributed by atoms with Crippen LogP contribution in [0.3, 0.4) is 0 Å². The first-order chi connectivity index (χ1) is 6.50. The summed E-state index contributed by atoms with van der Waals surface area (Å²) >= 11 is 5.61. The van der Waals surface area contributed by atoms with Crippen LogP contribution in [0.15, 0.2) is 17.4 Å². The minimum atomic E-state index is -4.80. The molecule has 0 atom stereocenters. The number of nitrogens with zero attached hydrogens (tertiary/aromatic N) is 2. The second-order valence-electron chi connectivity index (χ2n) is 2.48. The zero-order valence-electron chi connectivity index (χ0n) is 6.53. The molecule has 0 spiro atoms. The summed E-state index contributed by atoms with van der Waals surface area (Å²) in [6.07, 6.45) is 2.14. The largest absolute Gasteiger partial charge is 0.345 e. The van der Waals surface area contributed by atoms with Crippen LogP contribution in [0.2, 0.25) is 5.15 Å². The van der Waals surface area contributed by atoms with Gasteiger partial charge in [0.15, 0.2) is 0 Å². The SMILES string of the molecule is O=S(=O)(F)c1c[nH]c2ncnc(Cl)c12. The summed E-state index contributed by atoms with van der Waals surface area (Å²) in [4.78, 5) is 9.19. The van der Waals surface area contributed by atoms with E-state index in [1.165, 1.54) is 0 Å². The van der Waals surface area contributed by atoms with E-state index in [-0.39, 0.29) is 16.2 Å². The summed E-state index contributed by atoms with van der Waals surface area (Å²) in [6, 6.07) is 0. The number of H-pyrrole nitrogens is 1. The topological polar surface area (TPSA) is 75.7 Å². The van der Waals surface area contributed by atoms with Crippen molar-refractivity contribution in [3.63, 3.8) is 0 Å². The zero-order chi connectivity index (χ0) is 10.3. The van der Waals surface area contributed by atoms with Gasteiger partial charge in [-0.3, -0.25) is 0 Å². The number of aromatic nitrogens is 3. The number of aromatic amines is 1. The Hall–Kier alpha value is -1.21. The second kappa shape index (κ2) is 2.89. The lowest BCUT2D eigenvalue weighted by Crippen LogP contribution is -1.91. The molecule has 0 aromatic carbocycles. The number of nitrogens with one attached hydrogen (secondary N) is 1. The van der Waals surface area contributed by atoms with Crippen molar-refractivity contribution in [1.29, 1.82) is 0 Å². The molecule has 2 aromatic rings. The summed E-state index contributed by atoms with van der Waals surface area (Å²) in [6.45, 7) is 0. The fraction of sp³-hybridized carbons (Fsp3) is 0. The van der Waals surface area contributed by atoms with Gasteiger partial charge in [0.05, 0.1) is 5.39 Å². The van der Waals surface area contributed by atoms with Crippen molar-refractivity contribution in [1.82, 2.24) is 15.0 Å². The van der Waals surface area contributed by atoms with E-state index < -0.39 is 15.1 Å². The quantitative estimate of drug-likeness (QED) is 0.597. The zero-order valence-corrected chi connectivity index (χ0v) is 8.10. The highest BCUT2D eigenvalue weighted by Crippen LogP contribution is 2.27. The van der Waals surface area contributed by atoms with E-state index in [9.17, 15) is 12.3 Å². The number of halogens is 2. The molecule has 74 valence electrons. The van der Waals surface area contributed by atoms with Crippen molar-refractivity contribution in [2.75, 3.05) is 0 Å². The maximum atomic E-state index is 12.7. The van der Waals surface area contributed by atoms with Gasteiger partial charge in [0.25, 0.3) is 0 Å². The molecule has 0 aliphatic carbocycles. The Morgan fingerprint density at radius 3 is 2.79 bits per heavy atom. The van der Waals surface area contributed by atoms with Gasteiger partial charge in [-0.25, -0.2) is 9.97 Å². The molecule has 0 fully saturated rings. The van der Waals surface area contributed by atoms with E-state index in [0.29, 0.717) is 0 Å². The van der Waals surface area contributed by atoms with E-state index in [1.807, 2.05) is 0 Å². The lowest BCUT2D eigenvalue weighted by Gasteiger charge is -1.93. The van der Waals surface area contributed by atoms with Crippen LogP contribution in [0.1, 0.15) is 0 Å². The number of fused-ring (bicyclic) bond motifs is 1. The summed E-state index contributed by atoms with van der Waals surface area (Å²) < 4.78 is 34.0. The normalized spacial score (nSPS) is 12.1. The molecule has 0 saturated carbocycles. The molecule has 0 radical (unpaired) electrons. The number of hydrogen-bond donors (Lipinski definition) is 1. The number of hydrogen-bond acceptors (Lipinski definition) is 4. The Labute approximate surface area is 83.2 Å². The molecule has 2 rings (SSSR count). The van der Waals surface area contributed by atoms with E-state index in [2.05, 4.69) is 15.0 Å². The van der Waals surface area contributed by atoms with E-state index in [4.69, 9.17) is 11.6 Å². The third-order valence-corrected chi connectivity index (χ3v) is 2.78. The fourth-order valence-electron chi connectivity index (χ4n) is 1.09. The first kappa shape index (κ1) is 9.35. The minimum absolute atomic E-state index is 0.0309. The van der Waals surface area contributed by atoms with Crippen molar-refractivity contribution in [2.24, 2.45) is 0 Å². The van der Waals surface area contributed by atoms with E-state index >= 15 is 0 Å². The Bertz CT molecular complexity index is 594. The van der Waals surface area contributed by atoms with Crippen molar-refractivity contribution in [2.45, 2.75) is 4.90 Å². The van der Waals surface area contributed by atoms with E-state index in [1.54, 1.807) is 0 Å². The molecule has 1 N–H and O–H groups in total. The Balaban J connectivity index is 2.94. The van der Waals surface area contributed by atoms with Gasteiger partial charge < -0.3 is 4.98 Å². The maximum Gasteiger partial charge on any atom is 0.334 e. The summed E-state index contributed by atoms with van der Waals surface area (Å²) in [5.74, 6) is 0. The van der Waals surface area contributed by atoms with Crippen LogP contribution >= 0.6 is 11.6 Å². The fourth-order valence-corrected chi connectivity index (χ4v) is 2.02. The molecular weight excluding hydrogens is 233 g/mol. The highest BCUT2D eigenvalue weighted by Gasteiger charge is 2.20. The highest BCUT2D eigenvalue weighted by atomic mass is 35.5. The first-order valence-electron chi connectivity index (χ1n) is 3.42. The van der Waals surface area contributed by atoms with Gasteiger partial charge >= 0.3 is 10.2 Å². The van der Waals surface area contributed by atoms with Crippen molar-refractivity contribution in [3.8, 4) is 0 Å². The van der Waals surface area contributed by atoms with Crippen LogP contribution in [-0.2, 0) is 10.2 Å². The average Bonchev–Trinajstić information content (AvgIpc) is 2.47. The molecular formula is C6H3ClFN3O2S. The Kier molecular flexibility index (Phi) is 1.93. The van der Waals surface area contributed by atoms with Gasteiger partial charge in [-0.05, 0) is 0 Å². The molecule has 0 bridgehead atoms. The van der Waals surface area contributed by atoms with Crippen LogP contribution in [0.4, 0.5) is 3.89 Å². The van der Waals surface area contributed by atoms with Crippen LogP contribution in [0, 0.1) is 0 Å². The van der Waals surface area contributed by atoms with Crippen LogP contribution in [0.5, 0.6) is 0 Å². The lowest BCUT2D eigenvalue weighted by molar-refractivity contribution is 0.553. The van der Waals surface area contributed by atoms with Crippen LogP contribution < -0.4 is 0 Å². The monoisotopic (exact) mass is 235 g/mol. The van der Waals surface area contributed by atoms with Gasteiger partial charge in [0, 0.05) is 6.20 Å². The van der Waals surface area contributed by atoms with Gasteiger partial charge in [-0.15, -0.1) is 3.89 Å².